The summed E-state index contributed by atoms with van der Waals surface area (Å²) in [6.07, 6.45) is 0. The Morgan fingerprint density at radius 1 is 1.33 bits per heavy atom. The fourth-order valence-electron chi connectivity index (χ4n) is 1.50. The summed E-state index contributed by atoms with van der Waals surface area (Å²) in [6, 6.07) is 7.13. The van der Waals surface area contributed by atoms with Gasteiger partial charge in [-0.2, -0.15) is 11.8 Å². The van der Waals surface area contributed by atoms with Gasteiger partial charge in [0.05, 0.1) is 0 Å². The number of rotatable bonds is 6. The molecule has 0 spiro atoms. The van der Waals surface area contributed by atoms with Crippen LogP contribution in [0.15, 0.2) is 24.3 Å². The van der Waals surface area contributed by atoms with E-state index in [1.165, 1.54) is 6.07 Å². The number of benzene rings is 1. The highest BCUT2D eigenvalue weighted by molar-refractivity contribution is 7.99. The minimum atomic E-state index is -0.111. The van der Waals surface area contributed by atoms with Crippen LogP contribution in [-0.4, -0.2) is 18.1 Å². The van der Waals surface area contributed by atoms with E-state index in [1.54, 1.807) is 6.07 Å². The molecular weight excluding hydrogens is 209 g/mol. The maximum Gasteiger partial charge on any atom is 0.128 e. The number of nitrogens with one attached hydrogen (secondary N) is 1. The van der Waals surface area contributed by atoms with Gasteiger partial charge in [0, 0.05) is 17.4 Å². The van der Waals surface area contributed by atoms with Crippen LogP contribution in [0.3, 0.4) is 0 Å². The highest BCUT2D eigenvalue weighted by Gasteiger charge is 2.13. The SMILES string of the molecule is CCNC(CSCC)c1ccccc1F. The quantitative estimate of drug-likeness (QED) is 0.800. The van der Waals surface area contributed by atoms with Gasteiger partial charge in [-0.15, -0.1) is 0 Å². The minimum absolute atomic E-state index is 0.111. The van der Waals surface area contributed by atoms with Crippen LogP contribution in [0.1, 0.15) is 25.5 Å². The maximum absolute atomic E-state index is 13.5. The van der Waals surface area contributed by atoms with Gasteiger partial charge in [0.25, 0.3) is 0 Å². The summed E-state index contributed by atoms with van der Waals surface area (Å²) in [4.78, 5) is 0. The average molecular weight is 227 g/mol. The average Bonchev–Trinajstić information content (AvgIpc) is 2.25. The molecular formula is C12H18FNS. The molecule has 1 rings (SSSR count). The van der Waals surface area contributed by atoms with E-state index in [-0.39, 0.29) is 11.9 Å². The first-order valence-corrected chi connectivity index (χ1v) is 6.50. The molecule has 1 aromatic carbocycles. The van der Waals surface area contributed by atoms with E-state index in [1.807, 2.05) is 30.8 Å². The third-order valence-corrected chi connectivity index (χ3v) is 3.20. The molecule has 1 unspecified atom stereocenters. The Labute approximate surface area is 95.5 Å². The lowest BCUT2D eigenvalue weighted by Gasteiger charge is -2.18. The number of halogens is 1. The lowest BCUT2D eigenvalue weighted by molar-refractivity contribution is 0.545. The van der Waals surface area contributed by atoms with E-state index >= 15 is 0 Å². The van der Waals surface area contributed by atoms with Crippen LogP contribution in [0.4, 0.5) is 4.39 Å². The van der Waals surface area contributed by atoms with Crippen LogP contribution in [-0.2, 0) is 0 Å². The van der Waals surface area contributed by atoms with Gasteiger partial charge in [-0.1, -0.05) is 32.0 Å². The van der Waals surface area contributed by atoms with Gasteiger partial charge >= 0.3 is 0 Å². The number of thioether (sulfide) groups is 1. The normalized spacial score (nSPS) is 12.7. The molecule has 0 saturated carbocycles. The van der Waals surface area contributed by atoms with E-state index in [0.717, 1.165) is 23.6 Å². The third kappa shape index (κ3) is 3.84. The van der Waals surface area contributed by atoms with Gasteiger partial charge in [0.1, 0.15) is 5.82 Å². The molecule has 1 N–H and O–H groups in total. The topological polar surface area (TPSA) is 12.0 Å². The third-order valence-electron chi connectivity index (χ3n) is 2.22. The van der Waals surface area contributed by atoms with Crippen molar-refractivity contribution in [3.8, 4) is 0 Å². The fraction of sp³-hybridized carbons (Fsp3) is 0.500. The minimum Gasteiger partial charge on any atom is -0.309 e. The van der Waals surface area contributed by atoms with Crippen molar-refractivity contribution in [1.29, 1.82) is 0 Å². The highest BCUT2D eigenvalue weighted by Crippen LogP contribution is 2.20. The van der Waals surface area contributed by atoms with Crippen molar-refractivity contribution < 1.29 is 4.39 Å². The van der Waals surface area contributed by atoms with Crippen molar-refractivity contribution in [2.24, 2.45) is 0 Å². The van der Waals surface area contributed by atoms with Crippen molar-refractivity contribution in [3.05, 3.63) is 35.6 Å². The van der Waals surface area contributed by atoms with Crippen LogP contribution in [0.2, 0.25) is 0 Å². The first-order valence-electron chi connectivity index (χ1n) is 5.35. The fourth-order valence-corrected chi connectivity index (χ4v) is 2.27. The predicted molar refractivity (Wildman–Crippen MR) is 65.8 cm³/mol. The standard InChI is InChI=1S/C12H18FNS/c1-3-14-12(9-15-4-2)10-7-5-6-8-11(10)13/h5-8,12,14H,3-4,9H2,1-2H3. The number of hydrogen-bond donors (Lipinski definition) is 1. The van der Waals surface area contributed by atoms with Crippen LogP contribution in [0, 0.1) is 5.82 Å². The summed E-state index contributed by atoms with van der Waals surface area (Å²) < 4.78 is 13.5. The zero-order valence-corrected chi connectivity index (χ0v) is 10.1. The van der Waals surface area contributed by atoms with Gasteiger partial charge in [-0.25, -0.2) is 4.39 Å². The molecule has 1 aromatic rings. The first kappa shape index (κ1) is 12.5. The van der Waals surface area contributed by atoms with E-state index in [9.17, 15) is 4.39 Å². The Morgan fingerprint density at radius 2 is 2.07 bits per heavy atom. The van der Waals surface area contributed by atoms with Crippen LogP contribution >= 0.6 is 11.8 Å². The van der Waals surface area contributed by atoms with Gasteiger partial charge in [0.15, 0.2) is 0 Å². The molecule has 0 radical (unpaired) electrons. The van der Waals surface area contributed by atoms with Gasteiger partial charge in [-0.05, 0) is 18.4 Å². The van der Waals surface area contributed by atoms with E-state index in [0.29, 0.717) is 0 Å². The molecule has 0 aliphatic carbocycles. The molecule has 84 valence electrons. The molecule has 0 saturated heterocycles. The first-order chi connectivity index (χ1) is 7.29. The second kappa shape index (κ2) is 6.85. The van der Waals surface area contributed by atoms with Gasteiger partial charge in [-0.3, -0.25) is 0 Å². The van der Waals surface area contributed by atoms with Gasteiger partial charge < -0.3 is 5.32 Å². The van der Waals surface area contributed by atoms with E-state index in [2.05, 4.69) is 12.2 Å². The van der Waals surface area contributed by atoms with Crippen LogP contribution < -0.4 is 5.32 Å². The second-order valence-corrected chi connectivity index (χ2v) is 4.61. The van der Waals surface area contributed by atoms with Crippen LogP contribution in [0.5, 0.6) is 0 Å². The molecule has 1 atom stereocenters. The van der Waals surface area contributed by atoms with Crippen molar-refractivity contribution in [1.82, 2.24) is 5.32 Å². The molecule has 0 aliphatic heterocycles. The summed E-state index contributed by atoms with van der Waals surface area (Å²) >= 11 is 1.83. The Morgan fingerprint density at radius 3 is 2.67 bits per heavy atom. The molecule has 15 heavy (non-hydrogen) atoms. The lowest BCUT2D eigenvalue weighted by Crippen LogP contribution is -2.24. The number of hydrogen-bond acceptors (Lipinski definition) is 2. The zero-order valence-electron chi connectivity index (χ0n) is 9.29. The Hall–Kier alpha value is -0.540. The maximum atomic E-state index is 13.5. The molecule has 0 amide bonds. The molecule has 3 heteroatoms. The molecule has 0 fully saturated rings. The Bertz CT molecular complexity index is 291. The van der Waals surface area contributed by atoms with Gasteiger partial charge in [0.2, 0.25) is 0 Å². The molecule has 0 aliphatic rings. The molecule has 0 heterocycles. The Balaban J connectivity index is 2.74. The zero-order chi connectivity index (χ0) is 11.1. The lowest BCUT2D eigenvalue weighted by atomic mass is 10.1. The highest BCUT2D eigenvalue weighted by atomic mass is 32.2. The van der Waals surface area contributed by atoms with E-state index < -0.39 is 0 Å². The second-order valence-electron chi connectivity index (χ2n) is 3.29. The van der Waals surface area contributed by atoms with Crippen molar-refractivity contribution in [2.75, 3.05) is 18.1 Å². The van der Waals surface area contributed by atoms with Crippen molar-refractivity contribution in [2.45, 2.75) is 19.9 Å². The predicted octanol–water partition coefficient (Wildman–Crippen LogP) is 3.23. The van der Waals surface area contributed by atoms with Crippen molar-refractivity contribution in [3.63, 3.8) is 0 Å². The summed E-state index contributed by atoms with van der Waals surface area (Å²) in [7, 11) is 0. The smallest absolute Gasteiger partial charge is 0.128 e. The molecule has 1 nitrogen and oxygen atoms in total. The summed E-state index contributed by atoms with van der Waals surface area (Å²) in [5.41, 5.74) is 0.778. The molecule has 0 aromatic heterocycles. The largest absolute Gasteiger partial charge is 0.309 e. The van der Waals surface area contributed by atoms with Crippen molar-refractivity contribution >= 4 is 11.8 Å². The summed E-state index contributed by atoms with van der Waals surface area (Å²) in [5.74, 6) is 1.88. The monoisotopic (exact) mass is 227 g/mol. The summed E-state index contributed by atoms with van der Waals surface area (Å²) in [6.45, 7) is 5.03. The Kier molecular flexibility index (Phi) is 5.73. The van der Waals surface area contributed by atoms with E-state index in [4.69, 9.17) is 0 Å². The van der Waals surface area contributed by atoms with Crippen LogP contribution in [0.25, 0.3) is 0 Å². The summed E-state index contributed by atoms with van der Waals surface area (Å²) in [5, 5.41) is 3.31. The molecule has 0 bridgehead atoms.